The van der Waals surface area contributed by atoms with E-state index in [1.165, 1.54) is 19.1 Å². The highest BCUT2D eigenvalue weighted by Gasteiger charge is 2.35. The minimum absolute atomic E-state index is 0.0721. The Morgan fingerprint density at radius 1 is 1.12 bits per heavy atom. The lowest BCUT2D eigenvalue weighted by molar-refractivity contribution is -0.159. The number of sulfonamides is 1. The molecule has 182 valence electrons. The summed E-state index contributed by atoms with van der Waals surface area (Å²) in [7, 11) is -3.91. The van der Waals surface area contributed by atoms with Crippen molar-refractivity contribution in [1.82, 2.24) is 14.9 Å². The number of urea groups is 1. The number of nitrogens with zero attached hydrogens (tertiary/aromatic N) is 1. The molecule has 2 unspecified atom stereocenters. The Kier molecular flexibility index (Phi) is 8.35. The predicted molar refractivity (Wildman–Crippen MR) is 120 cm³/mol. The fourth-order valence-corrected chi connectivity index (χ4v) is 4.99. The van der Waals surface area contributed by atoms with Crippen LogP contribution in [-0.2, 0) is 30.9 Å². The summed E-state index contributed by atoms with van der Waals surface area (Å²) in [6.45, 7) is 1.63. The fraction of sp³-hybridized carbons (Fsp3) is 0.348. The summed E-state index contributed by atoms with van der Waals surface area (Å²) in [5.74, 6) is -2.86. The van der Waals surface area contributed by atoms with E-state index in [1.807, 2.05) is 30.3 Å². The molecule has 3 amide bonds. The van der Waals surface area contributed by atoms with Gasteiger partial charge in [0.1, 0.15) is 5.82 Å². The minimum Gasteiger partial charge on any atom is -0.452 e. The van der Waals surface area contributed by atoms with Gasteiger partial charge in [-0.15, -0.1) is 0 Å². The van der Waals surface area contributed by atoms with Crippen LogP contribution in [0.2, 0.25) is 0 Å². The number of esters is 1. The van der Waals surface area contributed by atoms with Crippen LogP contribution < -0.4 is 10.6 Å². The number of halogens is 1. The average molecular weight is 492 g/mol. The number of carbonyl (C=O) groups is 3. The molecule has 2 N–H and O–H groups in total. The molecule has 9 nitrogen and oxygen atoms in total. The lowest BCUT2D eigenvalue weighted by Crippen LogP contribution is -2.46. The second-order valence-electron chi connectivity index (χ2n) is 7.89. The van der Waals surface area contributed by atoms with Crippen molar-refractivity contribution in [3.05, 3.63) is 66.0 Å². The topological polar surface area (TPSA) is 122 Å². The van der Waals surface area contributed by atoms with Gasteiger partial charge in [0.05, 0.1) is 10.8 Å². The second kappa shape index (κ2) is 11.2. The third kappa shape index (κ3) is 6.61. The number of piperidine rings is 1. The largest absolute Gasteiger partial charge is 0.452 e. The van der Waals surface area contributed by atoms with Gasteiger partial charge in [-0.05, 0) is 49.6 Å². The molecule has 0 bridgehead atoms. The van der Waals surface area contributed by atoms with Crippen molar-refractivity contribution in [2.75, 3.05) is 13.1 Å². The van der Waals surface area contributed by atoms with Crippen LogP contribution in [0.25, 0.3) is 0 Å². The third-order valence-corrected chi connectivity index (χ3v) is 7.24. The van der Waals surface area contributed by atoms with Gasteiger partial charge in [0.25, 0.3) is 5.91 Å². The van der Waals surface area contributed by atoms with Gasteiger partial charge in [-0.2, -0.15) is 4.31 Å². The predicted octanol–water partition coefficient (Wildman–Crippen LogP) is 2.18. The van der Waals surface area contributed by atoms with Gasteiger partial charge in [-0.3, -0.25) is 14.9 Å². The van der Waals surface area contributed by atoms with Crippen LogP contribution in [0.1, 0.15) is 25.3 Å². The van der Waals surface area contributed by atoms with Gasteiger partial charge in [0.2, 0.25) is 10.0 Å². The summed E-state index contributed by atoms with van der Waals surface area (Å²) in [6.07, 6.45) is -0.443. The van der Waals surface area contributed by atoms with Crippen molar-refractivity contribution >= 4 is 27.9 Å². The lowest BCUT2D eigenvalue weighted by atomic mass is 10.00. The SMILES string of the molecule is CC(OC(=O)C1CCCN(S(=O)(=O)c2ccc(F)cc2)C1)C(=O)NC(=O)NCc1ccccc1. The first-order chi connectivity index (χ1) is 16.2. The Morgan fingerprint density at radius 3 is 2.47 bits per heavy atom. The zero-order valence-corrected chi connectivity index (χ0v) is 19.4. The van der Waals surface area contributed by atoms with Crippen molar-refractivity contribution in [3.63, 3.8) is 0 Å². The summed E-state index contributed by atoms with van der Waals surface area (Å²) in [5, 5.41) is 4.65. The molecule has 0 saturated carbocycles. The molecule has 2 atom stereocenters. The number of benzene rings is 2. The number of hydrogen-bond donors (Lipinski definition) is 2. The van der Waals surface area contributed by atoms with Crippen molar-refractivity contribution < 1.29 is 31.9 Å². The van der Waals surface area contributed by atoms with Gasteiger partial charge in [-0.1, -0.05) is 30.3 Å². The standard InChI is InChI=1S/C23H26FN3O6S/c1-16(21(28)26-23(30)25-14-17-6-3-2-4-7-17)33-22(29)18-8-5-13-27(15-18)34(31,32)20-11-9-19(24)10-12-20/h2-4,6-7,9-12,16,18H,5,8,13-15H2,1H3,(H2,25,26,28,30). The summed E-state index contributed by atoms with van der Waals surface area (Å²) in [6, 6.07) is 12.8. The Hall–Kier alpha value is -3.31. The third-order valence-electron chi connectivity index (χ3n) is 5.36. The molecule has 0 aromatic heterocycles. The zero-order valence-electron chi connectivity index (χ0n) is 18.6. The van der Waals surface area contributed by atoms with E-state index >= 15 is 0 Å². The minimum atomic E-state index is -3.91. The Labute approximate surface area is 197 Å². The maximum atomic E-state index is 13.1. The van der Waals surface area contributed by atoms with Crippen molar-refractivity contribution in [2.45, 2.75) is 37.3 Å². The van der Waals surface area contributed by atoms with E-state index < -0.39 is 45.8 Å². The first-order valence-electron chi connectivity index (χ1n) is 10.8. The number of ether oxygens (including phenoxy) is 1. The van der Waals surface area contributed by atoms with E-state index in [0.717, 1.165) is 22.0 Å². The summed E-state index contributed by atoms with van der Waals surface area (Å²) in [4.78, 5) is 36.7. The summed E-state index contributed by atoms with van der Waals surface area (Å²) < 4.78 is 45.1. The maximum absolute atomic E-state index is 13.1. The van der Waals surface area contributed by atoms with Crippen LogP contribution in [0, 0.1) is 11.7 Å². The maximum Gasteiger partial charge on any atom is 0.321 e. The van der Waals surface area contributed by atoms with Crippen LogP contribution >= 0.6 is 0 Å². The van der Waals surface area contributed by atoms with Crippen LogP contribution in [0.5, 0.6) is 0 Å². The molecule has 1 saturated heterocycles. The van der Waals surface area contributed by atoms with Crippen molar-refractivity contribution in [1.29, 1.82) is 0 Å². The molecule has 0 aliphatic carbocycles. The van der Waals surface area contributed by atoms with Crippen molar-refractivity contribution in [3.8, 4) is 0 Å². The van der Waals surface area contributed by atoms with Gasteiger partial charge in [0.15, 0.2) is 6.10 Å². The van der Waals surface area contributed by atoms with Gasteiger partial charge in [0, 0.05) is 19.6 Å². The number of hydrogen-bond acceptors (Lipinski definition) is 6. The number of imide groups is 1. The van der Waals surface area contributed by atoms with Crippen molar-refractivity contribution in [2.24, 2.45) is 5.92 Å². The Morgan fingerprint density at radius 2 is 1.79 bits per heavy atom. The second-order valence-corrected chi connectivity index (χ2v) is 9.83. The molecule has 34 heavy (non-hydrogen) atoms. The van der Waals surface area contributed by atoms with E-state index in [0.29, 0.717) is 12.8 Å². The first kappa shape index (κ1) is 25.3. The highest BCUT2D eigenvalue weighted by atomic mass is 32.2. The average Bonchev–Trinajstić information content (AvgIpc) is 2.83. The fourth-order valence-electron chi connectivity index (χ4n) is 3.47. The highest BCUT2D eigenvalue weighted by Crippen LogP contribution is 2.25. The molecule has 1 fully saturated rings. The first-order valence-corrected chi connectivity index (χ1v) is 12.2. The number of carbonyl (C=O) groups excluding carboxylic acids is 3. The molecule has 0 radical (unpaired) electrons. The van der Waals surface area contributed by atoms with E-state index in [9.17, 15) is 27.2 Å². The van der Waals surface area contributed by atoms with E-state index in [4.69, 9.17) is 4.74 Å². The number of nitrogens with one attached hydrogen (secondary N) is 2. The molecule has 2 aromatic rings. The van der Waals surface area contributed by atoms with E-state index in [1.54, 1.807) is 0 Å². The van der Waals surface area contributed by atoms with Crippen LogP contribution in [0.4, 0.5) is 9.18 Å². The summed E-state index contributed by atoms with van der Waals surface area (Å²) >= 11 is 0. The smallest absolute Gasteiger partial charge is 0.321 e. The van der Waals surface area contributed by atoms with Crippen LogP contribution in [-0.4, -0.2) is 49.8 Å². The molecule has 3 rings (SSSR count). The number of rotatable bonds is 7. The van der Waals surface area contributed by atoms with E-state index in [2.05, 4.69) is 10.6 Å². The van der Waals surface area contributed by atoms with Gasteiger partial charge < -0.3 is 10.1 Å². The highest BCUT2D eigenvalue weighted by molar-refractivity contribution is 7.89. The number of amides is 3. The zero-order chi connectivity index (χ0) is 24.7. The van der Waals surface area contributed by atoms with Gasteiger partial charge in [-0.25, -0.2) is 17.6 Å². The molecule has 2 aromatic carbocycles. The quantitative estimate of drug-likeness (QED) is 0.573. The Bertz CT molecular complexity index is 1130. The lowest BCUT2D eigenvalue weighted by Gasteiger charge is -2.31. The normalized spacial score (nSPS) is 17.4. The van der Waals surface area contributed by atoms with E-state index in [-0.39, 0.29) is 24.5 Å². The molecule has 0 spiro atoms. The summed E-state index contributed by atoms with van der Waals surface area (Å²) in [5.41, 5.74) is 0.849. The molecule has 1 heterocycles. The van der Waals surface area contributed by atoms with Gasteiger partial charge >= 0.3 is 12.0 Å². The molecule has 11 heteroatoms. The Balaban J connectivity index is 1.51. The molecular formula is C23H26FN3O6S. The molecular weight excluding hydrogens is 465 g/mol. The van der Waals surface area contributed by atoms with Crippen LogP contribution in [0.15, 0.2) is 59.5 Å². The monoisotopic (exact) mass is 491 g/mol. The van der Waals surface area contributed by atoms with Crippen LogP contribution in [0.3, 0.4) is 0 Å². The molecule has 1 aliphatic rings. The molecule has 1 aliphatic heterocycles.